The van der Waals surface area contributed by atoms with Crippen LogP contribution < -0.4 is 0 Å². The van der Waals surface area contributed by atoms with E-state index in [1.54, 1.807) is 23.3 Å². The van der Waals surface area contributed by atoms with E-state index in [1.807, 2.05) is 30.9 Å². The molecule has 0 spiro atoms. The summed E-state index contributed by atoms with van der Waals surface area (Å²) in [5.41, 5.74) is 2.37. The summed E-state index contributed by atoms with van der Waals surface area (Å²) in [6, 6.07) is 0. The molecule has 4 rings (SSSR count). The van der Waals surface area contributed by atoms with Gasteiger partial charge in [-0.05, 0) is 24.7 Å². The van der Waals surface area contributed by atoms with Crippen molar-refractivity contribution in [1.82, 2.24) is 29.3 Å². The number of rotatable bonds is 5. The topological polar surface area (TPSA) is 81.7 Å². The molecule has 0 aromatic carbocycles. The van der Waals surface area contributed by atoms with Crippen molar-refractivity contribution in [3.63, 3.8) is 0 Å². The maximum absolute atomic E-state index is 10.5. The van der Waals surface area contributed by atoms with Gasteiger partial charge in [0.25, 0.3) is 0 Å². The van der Waals surface area contributed by atoms with E-state index in [-0.39, 0.29) is 11.8 Å². The standard InChI is InChI=1S/C17H20N6O/c1-11(2)14-15(13-7-19-23(9-13)8-12-3-4-12)20-17(21-16(14)24)22-6-5-18-10-22/h5-7,9-12H,3-4,8H2,1-2H3,(H,20,21,24). The van der Waals surface area contributed by atoms with Crippen molar-refractivity contribution in [2.24, 2.45) is 5.92 Å². The lowest BCUT2D eigenvalue weighted by atomic mass is 9.99. The van der Waals surface area contributed by atoms with Crippen LogP contribution >= 0.6 is 0 Å². The average Bonchev–Trinajstić information content (AvgIpc) is 3.03. The summed E-state index contributed by atoms with van der Waals surface area (Å²) >= 11 is 0. The summed E-state index contributed by atoms with van der Waals surface area (Å²) in [5.74, 6) is 1.26. The monoisotopic (exact) mass is 324 g/mol. The zero-order valence-corrected chi connectivity index (χ0v) is 13.8. The molecule has 0 radical (unpaired) electrons. The van der Waals surface area contributed by atoms with Gasteiger partial charge in [-0.2, -0.15) is 10.1 Å². The first kappa shape index (κ1) is 14.9. The number of hydrogen-bond donors (Lipinski definition) is 1. The second kappa shape index (κ2) is 5.74. The fourth-order valence-electron chi connectivity index (χ4n) is 2.84. The maximum Gasteiger partial charge on any atom is 0.238 e. The molecule has 1 aliphatic rings. The predicted octanol–water partition coefficient (Wildman–Crippen LogP) is 2.76. The Balaban J connectivity index is 1.80. The van der Waals surface area contributed by atoms with Gasteiger partial charge in [-0.25, -0.2) is 9.97 Å². The van der Waals surface area contributed by atoms with Crippen LogP contribution in [0.5, 0.6) is 5.88 Å². The minimum absolute atomic E-state index is 0.00800. The third kappa shape index (κ3) is 2.77. The molecular weight excluding hydrogens is 304 g/mol. The van der Waals surface area contributed by atoms with Crippen molar-refractivity contribution in [1.29, 1.82) is 0 Å². The van der Waals surface area contributed by atoms with Crippen molar-refractivity contribution in [2.45, 2.75) is 39.2 Å². The molecule has 3 heterocycles. The molecule has 124 valence electrons. The van der Waals surface area contributed by atoms with Crippen molar-refractivity contribution in [2.75, 3.05) is 0 Å². The highest BCUT2D eigenvalue weighted by atomic mass is 16.3. The van der Waals surface area contributed by atoms with E-state index in [2.05, 4.69) is 20.1 Å². The minimum Gasteiger partial charge on any atom is -0.493 e. The summed E-state index contributed by atoms with van der Waals surface area (Å²) in [6.45, 7) is 4.99. The van der Waals surface area contributed by atoms with Crippen molar-refractivity contribution >= 4 is 0 Å². The van der Waals surface area contributed by atoms with E-state index in [1.165, 1.54) is 12.8 Å². The molecule has 7 nitrogen and oxygen atoms in total. The first-order valence-corrected chi connectivity index (χ1v) is 8.24. The van der Waals surface area contributed by atoms with Crippen LogP contribution in [-0.2, 0) is 6.54 Å². The van der Waals surface area contributed by atoms with Gasteiger partial charge in [0.05, 0.1) is 11.9 Å². The molecule has 1 aliphatic carbocycles. The zero-order valence-electron chi connectivity index (χ0n) is 13.8. The van der Waals surface area contributed by atoms with E-state index in [9.17, 15) is 5.11 Å². The van der Waals surface area contributed by atoms with Crippen LogP contribution in [0.25, 0.3) is 17.2 Å². The van der Waals surface area contributed by atoms with E-state index in [0.717, 1.165) is 29.3 Å². The Hall–Kier alpha value is -2.70. The van der Waals surface area contributed by atoms with Crippen LogP contribution in [0, 0.1) is 5.92 Å². The minimum atomic E-state index is 0.00800. The van der Waals surface area contributed by atoms with Crippen LogP contribution in [0.4, 0.5) is 0 Å². The molecular formula is C17H20N6O. The van der Waals surface area contributed by atoms with Crippen LogP contribution in [0.2, 0.25) is 0 Å². The summed E-state index contributed by atoms with van der Waals surface area (Å²) in [4.78, 5) is 12.9. The van der Waals surface area contributed by atoms with Crippen molar-refractivity contribution in [3.8, 4) is 23.1 Å². The lowest BCUT2D eigenvalue weighted by molar-refractivity contribution is 0.440. The molecule has 0 unspecified atom stereocenters. The quantitative estimate of drug-likeness (QED) is 0.780. The lowest BCUT2D eigenvalue weighted by Crippen LogP contribution is -2.05. The molecule has 0 saturated heterocycles. The third-order valence-electron chi connectivity index (χ3n) is 4.28. The SMILES string of the molecule is CC(C)c1c(O)nc(-n2ccnc2)nc1-c1cnn(CC2CC2)c1. The number of aromatic hydroxyl groups is 1. The Morgan fingerprint density at radius 3 is 2.79 bits per heavy atom. The molecule has 3 aromatic rings. The Labute approximate surface area is 140 Å². The van der Waals surface area contributed by atoms with E-state index in [4.69, 9.17) is 0 Å². The first-order chi connectivity index (χ1) is 11.6. The molecule has 1 fully saturated rings. The summed E-state index contributed by atoms with van der Waals surface area (Å²) in [6.07, 6.45) is 11.4. The molecule has 0 aliphatic heterocycles. The fourth-order valence-corrected chi connectivity index (χ4v) is 2.84. The average molecular weight is 324 g/mol. The van der Waals surface area contributed by atoms with E-state index < -0.39 is 0 Å². The number of imidazole rings is 1. The second-order valence-electron chi connectivity index (χ2n) is 6.63. The van der Waals surface area contributed by atoms with Gasteiger partial charge in [0.2, 0.25) is 11.8 Å². The highest BCUT2D eigenvalue weighted by Crippen LogP contribution is 2.35. The molecule has 0 amide bonds. The Morgan fingerprint density at radius 1 is 1.29 bits per heavy atom. The van der Waals surface area contributed by atoms with Gasteiger partial charge in [-0.15, -0.1) is 0 Å². The third-order valence-corrected chi connectivity index (χ3v) is 4.28. The Morgan fingerprint density at radius 2 is 2.12 bits per heavy atom. The van der Waals surface area contributed by atoms with Gasteiger partial charge in [0.1, 0.15) is 6.33 Å². The van der Waals surface area contributed by atoms with Gasteiger partial charge < -0.3 is 5.11 Å². The molecule has 7 heteroatoms. The lowest BCUT2D eigenvalue weighted by Gasteiger charge is -2.14. The molecule has 1 saturated carbocycles. The fraction of sp³-hybridized carbons (Fsp3) is 0.412. The smallest absolute Gasteiger partial charge is 0.238 e. The van der Waals surface area contributed by atoms with Gasteiger partial charge in [-0.3, -0.25) is 9.25 Å². The Bertz CT molecular complexity index is 848. The molecule has 24 heavy (non-hydrogen) atoms. The van der Waals surface area contributed by atoms with Gasteiger partial charge in [0.15, 0.2) is 0 Å². The summed E-state index contributed by atoms with van der Waals surface area (Å²) < 4.78 is 3.65. The molecule has 0 bridgehead atoms. The Kier molecular flexibility index (Phi) is 3.55. The first-order valence-electron chi connectivity index (χ1n) is 8.24. The van der Waals surface area contributed by atoms with Crippen molar-refractivity contribution < 1.29 is 5.11 Å². The molecule has 3 aromatic heterocycles. The number of nitrogens with zero attached hydrogens (tertiary/aromatic N) is 6. The van der Waals surface area contributed by atoms with Crippen LogP contribution in [0.1, 0.15) is 38.2 Å². The zero-order chi connectivity index (χ0) is 16.7. The summed E-state index contributed by atoms with van der Waals surface area (Å²) in [5, 5.41) is 14.9. The number of hydrogen-bond acceptors (Lipinski definition) is 5. The van der Waals surface area contributed by atoms with Gasteiger partial charge >= 0.3 is 0 Å². The van der Waals surface area contributed by atoms with Crippen LogP contribution in [0.3, 0.4) is 0 Å². The predicted molar refractivity (Wildman–Crippen MR) is 88.9 cm³/mol. The number of aromatic nitrogens is 6. The molecule has 0 atom stereocenters. The van der Waals surface area contributed by atoms with Crippen molar-refractivity contribution in [3.05, 3.63) is 36.7 Å². The maximum atomic E-state index is 10.5. The van der Waals surface area contributed by atoms with Crippen LogP contribution in [-0.4, -0.2) is 34.4 Å². The normalized spacial score (nSPS) is 14.5. The van der Waals surface area contributed by atoms with Gasteiger partial charge in [0, 0.05) is 36.3 Å². The van der Waals surface area contributed by atoms with Crippen LogP contribution in [0.15, 0.2) is 31.1 Å². The summed E-state index contributed by atoms with van der Waals surface area (Å²) in [7, 11) is 0. The van der Waals surface area contributed by atoms with E-state index in [0.29, 0.717) is 5.95 Å². The molecule has 1 N–H and O–H groups in total. The van der Waals surface area contributed by atoms with Gasteiger partial charge in [-0.1, -0.05) is 13.8 Å². The highest BCUT2D eigenvalue weighted by Gasteiger charge is 2.23. The largest absolute Gasteiger partial charge is 0.493 e. The second-order valence-corrected chi connectivity index (χ2v) is 6.63. The van der Waals surface area contributed by atoms with E-state index >= 15 is 0 Å². The highest BCUT2D eigenvalue weighted by molar-refractivity contribution is 5.65.